The fourth-order valence-electron chi connectivity index (χ4n) is 4.57. The first-order chi connectivity index (χ1) is 15.8. The van der Waals surface area contributed by atoms with Crippen LogP contribution in [0, 0.1) is 0 Å². The van der Waals surface area contributed by atoms with Gasteiger partial charge in [0, 0.05) is 49.7 Å². The smallest absolute Gasteiger partial charge is 0.118 e. The summed E-state index contributed by atoms with van der Waals surface area (Å²) in [6.07, 6.45) is 7.49. The highest BCUT2D eigenvalue weighted by molar-refractivity contribution is 7.21. The molecule has 0 atom stereocenters. The third-order valence-corrected chi connectivity index (χ3v) is 7.56. The number of aromatic nitrogens is 1. The Morgan fingerprint density at radius 2 is 1.44 bits per heavy atom. The highest BCUT2D eigenvalue weighted by Gasteiger charge is 2.18. The van der Waals surface area contributed by atoms with Gasteiger partial charge in [-0.1, -0.05) is 68.7 Å². The molecule has 162 valence electrons. The normalized spacial score (nSPS) is 11.4. The van der Waals surface area contributed by atoms with Crippen LogP contribution in [0.4, 0.5) is 0 Å². The molecule has 0 saturated carbocycles. The first-order valence-electron chi connectivity index (χ1n) is 11.5. The summed E-state index contributed by atoms with van der Waals surface area (Å²) >= 11 is 1.90. The lowest BCUT2D eigenvalue weighted by molar-refractivity contribution is 0.415. The van der Waals surface area contributed by atoms with E-state index in [1.165, 1.54) is 68.2 Å². The van der Waals surface area contributed by atoms with Crippen LogP contribution in [0.2, 0.25) is 0 Å². The van der Waals surface area contributed by atoms with Crippen LogP contribution in [0.15, 0.2) is 79.0 Å². The Balaban J connectivity index is 1.63. The highest BCUT2D eigenvalue weighted by Crippen LogP contribution is 2.46. The molecule has 0 aliphatic rings. The SMILES string of the molecule is CCCCCCn1cc(-c2sc(-c3ccc(OC)cc3)c3ccccc23)c2ccccc21. The second kappa shape index (κ2) is 9.22. The van der Waals surface area contributed by atoms with Gasteiger partial charge < -0.3 is 9.30 Å². The largest absolute Gasteiger partial charge is 0.497 e. The lowest BCUT2D eigenvalue weighted by Gasteiger charge is -2.04. The van der Waals surface area contributed by atoms with E-state index in [1.807, 2.05) is 23.5 Å². The Hall–Kier alpha value is -3.04. The van der Waals surface area contributed by atoms with Crippen molar-refractivity contribution in [3.05, 3.63) is 79.0 Å². The standard InChI is InChI=1S/C29H29NOS/c1-3-4-5-10-19-30-20-26(23-11-8-9-14-27(23)30)29-25-13-7-6-12-24(25)28(32-29)21-15-17-22(31-2)18-16-21/h6-9,11-18,20H,3-5,10,19H2,1-2H3. The summed E-state index contributed by atoms with van der Waals surface area (Å²) in [7, 11) is 1.71. The fraction of sp³-hybridized carbons (Fsp3) is 0.241. The number of rotatable bonds is 8. The molecular formula is C29H29NOS. The number of methoxy groups -OCH3 is 1. The van der Waals surface area contributed by atoms with Gasteiger partial charge in [0.1, 0.15) is 5.75 Å². The molecule has 0 spiro atoms. The van der Waals surface area contributed by atoms with E-state index >= 15 is 0 Å². The van der Waals surface area contributed by atoms with E-state index < -0.39 is 0 Å². The van der Waals surface area contributed by atoms with E-state index in [-0.39, 0.29) is 0 Å². The van der Waals surface area contributed by atoms with Crippen molar-refractivity contribution < 1.29 is 4.74 Å². The number of ether oxygens (including phenoxy) is 1. The van der Waals surface area contributed by atoms with Crippen molar-refractivity contribution in [1.82, 2.24) is 4.57 Å². The van der Waals surface area contributed by atoms with Gasteiger partial charge in [-0.2, -0.15) is 0 Å². The summed E-state index contributed by atoms with van der Waals surface area (Å²) in [5.74, 6) is 0.890. The number of thiophene rings is 1. The average molecular weight is 440 g/mol. The highest BCUT2D eigenvalue weighted by atomic mass is 32.1. The maximum Gasteiger partial charge on any atom is 0.118 e. The van der Waals surface area contributed by atoms with Crippen molar-refractivity contribution in [3.8, 4) is 26.6 Å². The number of aryl methyl sites for hydroxylation is 1. The van der Waals surface area contributed by atoms with Crippen molar-refractivity contribution in [3.63, 3.8) is 0 Å². The summed E-state index contributed by atoms with van der Waals surface area (Å²) in [6.45, 7) is 3.35. The van der Waals surface area contributed by atoms with Crippen LogP contribution < -0.4 is 4.74 Å². The molecule has 2 nitrogen and oxygen atoms in total. The van der Waals surface area contributed by atoms with Crippen LogP contribution in [0.5, 0.6) is 5.75 Å². The molecular weight excluding hydrogens is 410 g/mol. The van der Waals surface area contributed by atoms with Gasteiger partial charge in [-0.15, -0.1) is 11.3 Å². The predicted molar refractivity (Wildman–Crippen MR) is 139 cm³/mol. The Morgan fingerprint density at radius 3 is 2.16 bits per heavy atom. The summed E-state index contributed by atoms with van der Waals surface area (Å²) in [6, 6.07) is 26.1. The first kappa shape index (κ1) is 20.8. The molecule has 0 aliphatic heterocycles. The number of hydrogen-bond donors (Lipinski definition) is 0. The van der Waals surface area contributed by atoms with Crippen LogP contribution in [-0.4, -0.2) is 11.7 Å². The van der Waals surface area contributed by atoms with E-state index in [9.17, 15) is 0 Å². The minimum absolute atomic E-state index is 0.890. The first-order valence-corrected chi connectivity index (χ1v) is 12.4. The van der Waals surface area contributed by atoms with Crippen LogP contribution in [-0.2, 0) is 6.54 Å². The maximum absolute atomic E-state index is 5.37. The van der Waals surface area contributed by atoms with Crippen molar-refractivity contribution in [2.24, 2.45) is 0 Å². The van der Waals surface area contributed by atoms with E-state index in [0.717, 1.165) is 12.3 Å². The predicted octanol–water partition coefficient (Wildman–Crippen LogP) is 8.78. The second-order valence-corrected chi connectivity index (χ2v) is 9.37. The molecule has 0 amide bonds. The quantitative estimate of drug-likeness (QED) is 0.220. The number of nitrogens with zero attached hydrogens (tertiary/aromatic N) is 1. The molecule has 0 aliphatic carbocycles. The van der Waals surface area contributed by atoms with Crippen LogP contribution in [0.1, 0.15) is 32.6 Å². The second-order valence-electron chi connectivity index (χ2n) is 8.35. The zero-order valence-electron chi connectivity index (χ0n) is 18.8. The van der Waals surface area contributed by atoms with Crippen molar-refractivity contribution >= 4 is 33.0 Å². The van der Waals surface area contributed by atoms with Gasteiger partial charge in [-0.05, 0) is 42.3 Å². The molecule has 0 unspecified atom stereocenters. The molecule has 0 radical (unpaired) electrons. The topological polar surface area (TPSA) is 14.2 Å². The van der Waals surface area contributed by atoms with Crippen molar-refractivity contribution in [2.45, 2.75) is 39.2 Å². The Labute approximate surface area is 194 Å². The van der Waals surface area contributed by atoms with Gasteiger partial charge in [0.2, 0.25) is 0 Å². The Morgan fingerprint density at radius 1 is 0.750 bits per heavy atom. The number of fused-ring (bicyclic) bond motifs is 2. The van der Waals surface area contributed by atoms with Crippen LogP contribution >= 0.6 is 11.3 Å². The molecule has 0 saturated heterocycles. The van der Waals surface area contributed by atoms with E-state index in [0.29, 0.717) is 0 Å². The summed E-state index contributed by atoms with van der Waals surface area (Å²) in [5, 5.41) is 3.99. The molecule has 2 aromatic heterocycles. The van der Waals surface area contributed by atoms with Gasteiger partial charge in [-0.3, -0.25) is 0 Å². The molecule has 0 N–H and O–H groups in total. The number of hydrogen-bond acceptors (Lipinski definition) is 2. The number of para-hydroxylation sites is 1. The van der Waals surface area contributed by atoms with Gasteiger partial charge >= 0.3 is 0 Å². The average Bonchev–Trinajstić information content (AvgIpc) is 3.41. The van der Waals surface area contributed by atoms with Gasteiger partial charge in [0.25, 0.3) is 0 Å². The lowest BCUT2D eigenvalue weighted by Crippen LogP contribution is -1.95. The molecule has 32 heavy (non-hydrogen) atoms. The summed E-state index contributed by atoms with van der Waals surface area (Å²) in [4.78, 5) is 2.67. The maximum atomic E-state index is 5.37. The minimum atomic E-state index is 0.890. The number of benzene rings is 3. The molecule has 5 rings (SSSR count). The van der Waals surface area contributed by atoms with Gasteiger partial charge in [0.15, 0.2) is 0 Å². The molecule has 0 bridgehead atoms. The lowest BCUT2D eigenvalue weighted by atomic mass is 10.0. The molecule has 3 heteroatoms. The molecule has 0 fully saturated rings. The summed E-state index contributed by atoms with van der Waals surface area (Å²) < 4.78 is 7.83. The molecule has 5 aromatic rings. The fourth-order valence-corrected chi connectivity index (χ4v) is 5.88. The van der Waals surface area contributed by atoms with E-state index in [2.05, 4.69) is 78.4 Å². The van der Waals surface area contributed by atoms with Crippen LogP contribution in [0.3, 0.4) is 0 Å². The third-order valence-electron chi connectivity index (χ3n) is 6.26. The summed E-state index contributed by atoms with van der Waals surface area (Å²) in [5.41, 5.74) is 3.92. The van der Waals surface area contributed by atoms with Crippen molar-refractivity contribution in [2.75, 3.05) is 7.11 Å². The zero-order valence-corrected chi connectivity index (χ0v) is 19.6. The minimum Gasteiger partial charge on any atom is -0.497 e. The monoisotopic (exact) mass is 439 g/mol. The number of unbranched alkanes of at least 4 members (excludes halogenated alkanes) is 3. The van der Waals surface area contributed by atoms with Gasteiger partial charge in [-0.25, -0.2) is 0 Å². The zero-order chi connectivity index (χ0) is 21.9. The van der Waals surface area contributed by atoms with E-state index in [1.54, 1.807) is 7.11 Å². The Kier molecular flexibility index (Phi) is 6.00. The molecule has 3 aromatic carbocycles. The van der Waals surface area contributed by atoms with Crippen LogP contribution in [0.25, 0.3) is 42.6 Å². The molecule has 2 heterocycles. The van der Waals surface area contributed by atoms with Crippen molar-refractivity contribution in [1.29, 1.82) is 0 Å². The Bertz CT molecular complexity index is 1340. The van der Waals surface area contributed by atoms with E-state index in [4.69, 9.17) is 4.74 Å². The third kappa shape index (κ3) is 3.82. The van der Waals surface area contributed by atoms with Gasteiger partial charge in [0.05, 0.1) is 7.11 Å².